The first-order valence-corrected chi connectivity index (χ1v) is 12.4. The van der Waals surface area contributed by atoms with Gasteiger partial charge in [-0.05, 0) is 68.3 Å². The van der Waals surface area contributed by atoms with Crippen LogP contribution in [-0.2, 0) is 4.79 Å². The fourth-order valence-electron chi connectivity index (χ4n) is 3.68. The second-order valence-electron chi connectivity index (χ2n) is 8.37. The van der Waals surface area contributed by atoms with Crippen LogP contribution in [0.2, 0.25) is 15.1 Å². The molecule has 1 fully saturated rings. The number of alkyl halides is 2. The molecular formula is C25H22Cl5FN2O2. The molecule has 0 heterocycles. The number of rotatable bonds is 6. The van der Waals surface area contributed by atoms with E-state index in [-0.39, 0.29) is 10.6 Å². The minimum absolute atomic E-state index is 0.163. The average Bonchev–Trinajstić information content (AvgIpc) is 3.37. The van der Waals surface area contributed by atoms with Gasteiger partial charge in [-0.1, -0.05) is 40.9 Å². The number of allylic oxidation sites excluding steroid dienone is 4. The molecule has 0 bridgehead atoms. The number of benzene rings is 2. The van der Waals surface area contributed by atoms with Crippen LogP contribution in [0.25, 0.3) is 0 Å². The molecule has 1 aliphatic carbocycles. The van der Waals surface area contributed by atoms with Gasteiger partial charge in [0.15, 0.2) is 0 Å². The van der Waals surface area contributed by atoms with Gasteiger partial charge >= 0.3 is 0 Å². The predicted molar refractivity (Wildman–Crippen MR) is 143 cm³/mol. The molecule has 4 nitrogen and oxygen atoms in total. The van der Waals surface area contributed by atoms with Gasteiger partial charge in [-0.2, -0.15) is 0 Å². The SMILES string of the molecule is C/C(F)=C\C=C(/C)N(C)C(=O)c1cc(NC(=O)C2C(c3cc(C)c(Cl)c(Cl)c3)C2(Cl)Cl)ccc1Cl. The Kier molecular flexibility index (Phi) is 8.50. The van der Waals surface area contributed by atoms with Crippen LogP contribution in [0.5, 0.6) is 0 Å². The molecule has 2 amide bonds. The highest BCUT2D eigenvalue weighted by Crippen LogP contribution is 2.65. The Bertz CT molecular complexity index is 1230. The summed E-state index contributed by atoms with van der Waals surface area (Å²) in [7, 11) is 1.54. The average molecular weight is 579 g/mol. The van der Waals surface area contributed by atoms with Crippen LogP contribution in [0.15, 0.2) is 54.0 Å². The molecule has 35 heavy (non-hydrogen) atoms. The third-order valence-electron chi connectivity index (χ3n) is 5.78. The Morgan fingerprint density at radius 3 is 2.31 bits per heavy atom. The summed E-state index contributed by atoms with van der Waals surface area (Å²) in [4.78, 5) is 27.4. The lowest BCUT2D eigenvalue weighted by Gasteiger charge is -2.19. The number of nitrogens with zero attached hydrogens (tertiary/aromatic N) is 1. The lowest BCUT2D eigenvalue weighted by atomic mass is 10.1. The first-order valence-electron chi connectivity index (χ1n) is 10.5. The Morgan fingerprint density at radius 1 is 1.06 bits per heavy atom. The zero-order valence-electron chi connectivity index (χ0n) is 19.2. The number of carbonyl (C=O) groups is 2. The summed E-state index contributed by atoms with van der Waals surface area (Å²) in [6, 6.07) is 7.99. The van der Waals surface area contributed by atoms with E-state index in [2.05, 4.69) is 5.32 Å². The van der Waals surface area contributed by atoms with E-state index in [0.29, 0.717) is 27.0 Å². The van der Waals surface area contributed by atoms with Gasteiger partial charge in [0.2, 0.25) is 5.91 Å². The molecule has 186 valence electrons. The molecule has 0 spiro atoms. The molecule has 2 atom stereocenters. The second-order valence-corrected chi connectivity index (χ2v) is 11.0. The van der Waals surface area contributed by atoms with Crippen LogP contribution in [0.3, 0.4) is 0 Å². The van der Waals surface area contributed by atoms with Crippen molar-refractivity contribution in [1.29, 1.82) is 0 Å². The maximum Gasteiger partial charge on any atom is 0.259 e. The summed E-state index contributed by atoms with van der Waals surface area (Å²) >= 11 is 31.5. The van der Waals surface area contributed by atoms with Crippen molar-refractivity contribution in [3.8, 4) is 0 Å². The molecule has 2 aromatic carbocycles. The van der Waals surface area contributed by atoms with Crippen molar-refractivity contribution in [1.82, 2.24) is 4.90 Å². The monoisotopic (exact) mass is 576 g/mol. The number of halogens is 6. The number of aryl methyl sites for hydroxylation is 1. The summed E-state index contributed by atoms with van der Waals surface area (Å²) in [5.41, 5.74) is 2.46. The zero-order chi connectivity index (χ0) is 26.2. The summed E-state index contributed by atoms with van der Waals surface area (Å²) in [6.45, 7) is 4.77. The molecule has 0 radical (unpaired) electrons. The van der Waals surface area contributed by atoms with E-state index in [4.69, 9.17) is 58.0 Å². The topological polar surface area (TPSA) is 49.4 Å². The summed E-state index contributed by atoms with van der Waals surface area (Å²) in [5.74, 6) is -2.47. The van der Waals surface area contributed by atoms with Crippen LogP contribution in [0.1, 0.15) is 41.3 Å². The minimum Gasteiger partial charge on any atom is -0.326 e. The van der Waals surface area contributed by atoms with Gasteiger partial charge in [0, 0.05) is 24.4 Å². The molecule has 0 saturated heterocycles. The number of hydrogen-bond acceptors (Lipinski definition) is 2. The van der Waals surface area contributed by atoms with E-state index < -0.39 is 33.8 Å². The lowest BCUT2D eigenvalue weighted by Crippen LogP contribution is -2.25. The molecule has 2 unspecified atom stereocenters. The predicted octanol–water partition coefficient (Wildman–Crippen LogP) is 8.33. The molecule has 1 aliphatic rings. The number of nitrogens with one attached hydrogen (secondary N) is 1. The number of hydrogen-bond donors (Lipinski definition) is 1. The fourth-order valence-corrected chi connectivity index (χ4v) is 5.09. The third-order valence-corrected chi connectivity index (χ3v) is 7.95. The van der Waals surface area contributed by atoms with Gasteiger partial charge in [-0.3, -0.25) is 9.59 Å². The second kappa shape index (κ2) is 10.7. The summed E-state index contributed by atoms with van der Waals surface area (Å²) < 4.78 is 11.7. The highest BCUT2D eigenvalue weighted by molar-refractivity contribution is 6.53. The minimum atomic E-state index is -1.33. The molecule has 1 N–H and O–H groups in total. The highest BCUT2D eigenvalue weighted by atomic mass is 35.5. The Labute approximate surface area is 228 Å². The van der Waals surface area contributed by atoms with Gasteiger partial charge in [0.25, 0.3) is 5.91 Å². The van der Waals surface area contributed by atoms with Crippen LogP contribution in [0, 0.1) is 12.8 Å². The molecule has 10 heteroatoms. The quantitative estimate of drug-likeness (QED) is 0.277. The number of carbonyl (C=O) groups excluding carboxylic acids is 2. The fraction of sp³-hybridized carbons (Fsp3) is 0.280. The summed E-state index contributed by atoms with van der Waals surface area (Å²) in [5, 5.41) is 3.74. The van der Waals surface area contributed by atoms with E-state index in [0.717, 1.165) is 5.56 Å². The molecule has 0 aromatic heterocycles. The van der Waals surface area contributed by atoms with Gasteiger partial charge in [0.1, 0.15) is 4.33 Å². The first kappa shape index (κ1) is 27.8. The van der Waals surface area contributed by atoms with Crippen molar-refractivity contribution in [2.75, 3.05) is 12.4 Å². The van der Waals surface area contributed by atoms with Crippen molar-refractivity contribution in [3.05, 3.63) is 85.8 Å². The van der Waals surface area contributed by atoms with Crippen molar-refractivity contribution < 1.29 is 14.0 Å². The van der Waals surface area contributed by atoms with E-state index >= 15 is 0 Å². The molecule has 2 aromatic rings. The van der Waals surface area contributed by atoms with Crippen molar-refractivity contribution >= 4 is 75.5 Å². The van der Waals surface area contributed by atoms with Crippen LogP contribution in [0.4, 0.5) is 10.1 Å². The zero-order valence-corrected chi connectivity index (χ0v) is 23.0. The maximum absolute atomic E-state index is 13.0. The standard InChI is InChI=1S/C25H22Cl5FN2O2/c1-12-9-15(10-19(27)22(12)28)20-21(25(20,29)30)23(34)32-16-7-8-18(26)17(11-16)24(35)33(4)14(3)6-5-13(2)31/h5-11,20-21H,1-4H3,(H,32,34)/b13-5+,14-6+. The van der Waals surface area contributed by atoms with Crippen molar-refractivity contribution in [2.45, 2.75) is 31.0 Å². The van der Waals surface area contributed by atoms with Gasteiger partial charge in [-0.15, -0.1) is 23.2 Å². The molecule has 1 saturated carbocycles. The molecule has 3 rings (SSSR count). The number of anilines is 1. The van der Waals surface area contributed by atoms with Gasteiger partial charge in [-0.25, -0.2) is 4.39 Å². The number of amides is 2. The van der Waals surface area contributed by atoms with E-state index in [1.54, 1.807) is 39.1 Å². The maximum atomic E-state index is 13.0. The first-order chi connectivity index (χ1) is 16.2. The lowest BCUT2D eigenvalue weighted by molar-refractivity contribution is -0.117. The van der Waals surface area contributed by atoms with Crippen LogP contribution < -0.4 is 5.32 Å². The third kappa shape index (κ3) is 5.98. The molecule has 0 aliphatic heterocycles. The normalized spacial score (nSPS) is 19.4. The van der Waals surface area contributed by atoms with Crippen LogP contribution in [-0.4, -0.2) is 28.1 Å². The van der Waals surface area contributed by atoms with Crippen LogP contribution >= 0.6 is 58.0 Å². The smallest absolute Gasteiger partial charge is 0.259 e. The highest BCUT2D eigenvalue weighted by Gasteiger charge is 2.67. The molecular weight excluding hydrogens is 557 g/mol. The van der Waals surface area contributed by atoms with E-state index in [9.17, 15) is 14.0 Å². The van der Waals surface area contributed by atoms with E-state index in [1.165, 1.54) is 36.1 Å². The largest absolute Gasteiger partial charge is 0.326 e. The van der Waals surface area contributed by atoms with E-state index in [1.807, 2.05) is 0 Å². The Balaban J connectivity index is 1.81. The Morgan fingerprint density at radius 2 is 1.71 bits per heavy atom. The van der Waals surface area contributed by atoms with Crippen molar-refractivity contribution in [2.24, 2.45) is 5.92 Å². The van der Waals surface area contributed by atoms with Gasteiger partial charge in [0.05, 0.1) is 32.4 Å². The summed E-state index contributed by atoms with van der Waals surface area (Å²) in [6.07, 6.45) is 2.73. The van der Waals surface area contributed by atoms with Crippen molar-refractivity contribution in [3.63, 3.8) is 0 Å². The Hall–Kier alpha value is -1.76. The van der Waals surface area contributed by atoms with Gasteiger partial charge < -0.3 is 10.2 Å².